The number of halogens is 1. The lowest BCUT2D eigenvalue weighted by molar-refractivity contribution is 0.0618. The summed E-state index contributed by atoms with van der Waals surface area (Å²) in [5, 5.41) is 4.13. The third-order valence-electron chi connectivity index (χ3n) is 3.81. The van der Waals surface area contributed by atoms with E-state index in [0.29, 0.717) is 18.9 Å². The van der Waals surface area contributed by atoms with Crippen molar-refractivity contribution in [2.24, 2.45) is 0 Å². The fourth-order valence-electron chi connectivity index (χ4n) is 2.43. The number of methoxy groups -OCH3 is 2. The molecule has 2 rings (SSSR count). The van der Waals surface area contributed by atoms with E-state index in [9.17, 15) is 14.0 Å². The molecule has 0 unspecified atom stereocenters. The first-order chi connectivity index (χ1) is 12.5. The van der Waals surface area contributed by atoms with Crippen LogP contribution in [0.25, 0.3) is 5.69 Å². The molecule has 0 spiro atoms. The van der Waals surface area contributed by atoms with Crippen molar-refractivity contribution >= 4 is 5.91 Å². The molecule has 1 aromatic carbocycles. The van der Waals surface area contributed by atoms with Crippen molar-refractivity contribution in [3.05, 3.63) is 57.8 Å². The summed E-state index contributed by atoms with van der Waals surface area (Å²) in [7, 11) is 3.04. The van der Waals surface area contributed by atoms with Gasteiger partial charge in [0.2, 0.25) is 5.43 Å². The third kappa shape index (κ3) is 4.53. The van der Waals surface area contributed by atoms with Crippen LogP contribution in [0.15, 0.2) is 35.1 Å². The fourth-order valence-corrected chi connectivity index (χ4v) is 2.43. The number of benzene rings is 1. The Kier molecular flexibility index (Phi) is 6.99. The summed E-state index contributed by atoms with van der Waals surface area (Å²) in [5.74, 6) is -1.05. The van der Waals surface area contributed by atoms with E-state index in [-0.39, 0.29) is 24.5 Å². The van der Waals surface area contributed by atoms with E-state index in [2.05, 4.69) is 5.10 Å². The van der Waals surface area contributed by atoms with Gasteiger partial charge in [0, 0.05) is 39.1 Å². The first-order valence-electron chi connectivity index (χ1n) is 8.12. The molecule has 1 amide bonds. The topological polar surface area (TPSA) is 73.7 Å². The SMILES string of the molecule is COCCN(CCOC)C(=O)c1nn(-c2ccccc2F)c(C)cc1=O. The lowest BCUT2D eigenvalue weighted by Gasteiger charge is -2.22. The summed E-state index contributed by atoms with van der Waals surface area (Å²) >= 11 is 0. The predicted molar refractivity (Wildman–Crippen MR) is 94.2 cm³/mol. The zero-order chi connectivity index (χ0) is 19.1. The fraction of sp³-hybridized carbons (Fsp3) is 0.389. The maximum atomic E-state index is 14.1. The zero-order valence-corrected chi connectivity index (χ0v) is 15.1. The van der Waals surface area contributed by atoms with Gasteiger partial charge in [0.25, 0.3) is 5.91 Å². The van der Waals surface area contributed by atoms with E-state index in [0.717, 1.165) is 0 Å². The van der Waals surface area contributed by atoms with Crippen molar-refractivity contribution in [2.45, 2.75) is 6.92 Å². The van der Waals surface area contributed by atoms with Gasteiger partial charge in [0.15, 0.2) is 5.69 Å². The van der Waals surface area contributed by atoms with Gasteiger partial charge in [-0.3, -0.25) is 9.59 Å². The number of ether oxygens (including phenoxy) is 2. The molecule has 0 aliphatic rings. The van der Waals surface area contributed by atoms with E-state index >= 15 is 0 Å². The molecule has 7 nitrogen and oxygen atoms in total. The molecule has 2 aromatic rings. The molecule has 1 heterocycles. The predicted octanol–water partition coefficient (Wildman–Crippen LogP) is 1.42. The smallest absolute Gasteiger partial charge is 0.278 e. The Balaban J connectivity index is 2.44. The molecule has 8 heteroatoms. The van der Waals surface area contributed by atoms with E-state index in [1.165, 1.54) is 42.0 Å². The molecule has 26 heavy (non-hydrogen) atoms. The number of carbonyl (C=O) groups is 1. The molecule has 0 fully saturated rings. The zero-order valence-electron chi connectivity index (χ0n) is 15.1. The van der Waals surface area contributed by atoms with Gasteiger partial charge >= 0.3 is 0 Å². The Bertz CT molecular complexity index is 814. The second-order valence-corrected chi connectivity index (χ2v) is 5.64. The van der Waals surface area contributed by atoms with E-state index < -0.39 is 17.2 Å². The lowest BCUT2D eigenvalue weighted by atomic mass is 10.2. The van der Waals surface area contributed by atoms with Gasteiger partial charge < -0.3 is 14.4 Å². The number of nitrogens with zero attached hydrogens (tertiary/aromatic N) is 3. The maximum Gasteiger partial charge on any atom is 0.278 e. The van der Waals surface area contributed by atoms with Crippen molar-refractivity contribution in [1.29, 1.82) is 0 Å². The molecule has 140 valence electrons. The average Bonchev–Trinajstić information content (AvgIpc) is 2.62. The molecule has 0 saturated carbocycles. The minimum atomic E-state index is -0.547. The van der Waals surface area contributed by atoms with E-state index in [4.69, 9.17) is 9.47 Å². The molecule has 0 bridgehead atoms. The number of rotatable bonds is 8. The maximum absolute atomic E-state index is 14.1. The van der Waals surface area contributed by atoms with Crippen LogP contribution in [0.5, 0.6) is 0 Å². The minimum absolute atomic E-state index is 0.166. The number of para-hydroxylation sites is 1. The first kappa shape index (κ1) is 19.7. The molecular weight excluding hydrogens is 341 g/mol. The highest BCUT2D eigenvalue weighted by atomic mass is 19.1. The normalized spacial score (nSPS) is 10.8. The van der Waals surface area contributed by atoms with Gasteiger partial charge in [-0.2, -0.15) is 5.10 Å². The van der Waals surface area contributed by atoms with Crippen molar-refractivity contribution in [3.63, 3.8) is 0 Å². The van der Waals surface area contributed by atoms with Crippen LogP contribution in [0.3, 0.4) is 0 Å². The van der Waals surface area contributed by atoms with Crippen LogP contribution in [0.2, 0.25) is 0 Å². The van der Waals surface area contributed by atoms with Crippen LogP contribution in [-0.4, -0.2) is 61.1 Å². The lowest BCUT2D eigenvalue weighted by Crippen LogP contribution is -2.40. The monoisotopic (exact) mass is 363 g/mol. The van der Waals surface area contributed by atoms with E-state index in [1.54, 1.807) is 19.1 Å². The van der Waals surface area contributed by atoms with Crippen LogP contribution in [0.1, 0.15) is 16.2 Å². The summed E-state index contributed by atoms with van der Waals surface area (Å²) in [6, 6.07) is 7.31. The van der Waals surface area contributed by atoms with Crippen molar-refractivity contribution < 1.29 is 18.7 Å². The van der Waals surface area contributed by atoms with Crippen LogP contribution in [0, 0.1) is 12.7 Å². The van der Waals surface area contributed by atoms with Crippen LogP contribution in [-0.2, 0) is 9.47 Å². The second kappa shape index (κ2) is 9.21. The van der Waals surface area contributed by atoms with Crippen molar-refractivity contribution in [2.75, 3.05) is 40.5 Å². The molecule has 0 aliphatic heterocycles. The van der Waals surface area contributed by atoms with Gasteiger partial charge in [0.05, 0.1) is 13.2 Å². The van der Waals surface area contributed by atoms with Gasteiger partial charge in [-0.1, -0.05) is 12.1 Å². The Hall–Kier alpha value is -2.58. The number of amides is 1. The highest BCUT2D eigenvalue weighted by Crippen LogP contribution is 2.13. The largest absolute Gasteiger partial charge is 0.383 e. The summed E-state index contributed by atoms with van der Waals surface area (Å²) in [5.41, 5.74) is -0.192. The van der Waals surface area contributed by atoms with Crippen LogP contribution >= 0.6 is 0 Å². The van der Waals surface area contributed by atoms with Gasteiger partial charge in [-0.15, -0.1) is 0 Å². The third-order valence-corrected chi connectivity index (χ3v) is 3.81. The Labute approximate surface area is 151 Å². The van der Waals surface area contributed by atoms with E-state index in [1.807, 2.05) is 0 Å². The quantitative estimate of drug-likeness (QED) is 0.709. The molecule has 0 N–H and O–H groups in total. The molecule has 0 saturated heterocycles. The average molecular weight is 363 g/mol. The van der Waals surface area contributed by atoms with Crippen LogP contribution in [0.4, 0.5) is 4.39 Å². The highest BCUT2D eigenvalue weighted by Gasteiger charge is 2.22. The Morgan fingerprint density at radius 3 is 2.38 bits per heavy atom. The molecule has 0 aliphatic carbocycles. The van der Waals surface area contributed by atoms with Crippen LogP contribution < -0.4 is 5.43 Å². The van der Waals surface area contributed by atoms with Crippen molar-refractivity contribution in [1.82, 2.24) is 14.7 Å². The van der Waals surface area contributed by atoms with Gasteiger partial charge in [-0.25, -0.2) is 9.07 Å². The minimum Gasteiger partial charge on any atom is -0.383 e. The number of aryl methyl sites for hydroxylation is 1. The second-order valence-electron chi connectivity index (χ2n) is 5.64. The molecule has 0 radical (unpaired) electrons. The van der Waals surface area contributed by atoms with Gasteiger partial charge in [0.1, 0.15) is 11.5 Å². The first-order valence-corrected chi connectivity index (χ1v) is 8.12. The molecular formula is C18H22FN3O4. The molecule has 1 aromatic heterocycles. The number of aromatic nitrogens is 2. The molecule has 0 atom stereocenters. The summed E-state index contributed by atoms with van der Waals surface area (Å²) in [6.07, 6.45) is 0. The summed E-state index contributed by atoms with van der Waals surface area (Å²) < 4.78 is 25.4. The summed E-state index contributed by atoms with van der Waals surface area (Å²) in [4.78, 5) is 26.6. The summed E-state index contributed by atoms with van der Waals surface area (Å²) in [6.45, 7) is 2.81. The standard InChI is InChI=1S/C18H22FN3O4/c1-13-12-16(23)17(18(24)21(8-10-25-2)9-11-26-3)20-22(13)15-7-5-4-6-14(15)19/h4-7,12H,8-11H2,1-3H3. The number of hydrogen-bond donors (Lipinski definition) is 0. The number of hydrogen-bond acceptors (Lipinski definition) is 5. The van der Waals surface area contributed by atoms with Crippen molar-refractivity contribution in [3.8, 4) is 5.69 Å². The number of carbonyl (C=O) groups excluding carboxylic acids is 1. The Morgan fingerprint density at radius 2 is 1.81 bits per heavy atom. The highest BCUT2D eigenvalue weighted by molar-refractivity contribution is 5.92. The Morgan fingerprint density at radius 1 is 1.19 bits per heavy atom. The van der Waals surface area contributed by atoms with Gasteiger partial charge in [-0.05, 0) is 19.1 Å².